The van der Waals surface area contributed by atoms with Crippen molar-refractivity contribution < 1.29 is 19.4 Å². The van der Waals surface area contributed by atoms with Gasteiger partial charge in [-0.05, 0) is 32.1 Å². The standard InChI is InChI=1S/C20H33NO4/c1-3-4-5-6-10-13-15-17(23)21-20(18(24)25-19(15,20)2)16(22)14-11-8-7-9-12-14/h14-16,22H,3-13H2,1-2H3,(H,21,23)/t15-,16-,19-,20-/m0/s1. The summed E-state index contributed by atoms with van der Waals surface area (Å²) in [5.74, 6) is -0.844. The van der Waals surface area contributed by atoms with Gasteiger partial charge in [0.05, 0.1) is 12.0 Å². The molecule has 2 aliphatic heterocycles. The molecule has 2 heterocycles. The number of nitrogens with one attached hydrogen (secondary N) is 1. The molecule has 5 nitrogen and oxygen atoms in total. The zero-order chi connectivity index (χ0) is 18.1. The summed E-state index contributed by atoms with van der Waals surface area (Å²) in [4.78, 5) is 25.1. The summed E-state index contributed by atoms with van der Waals surface area (Å²) in [7, 11) is 0. The Kier molecular flexibility index (Phi) is 5.42. The maximum absolute atomic E-state index is 12.6. The average molecular weight is 351 g/mol. The van der Waals surface area contributed by atoms with E-state index < -0.39 is 23.2 Å². The van der Waals surface area contributed by atoms with Crippen LogP contribution in [0.2, 0.25) is 0 Å². The molecule has 142 valence electrons. The highest BCUT2D eigenvalue weighted by Crippen LogP contribution is 2.54. The van der Waals surface area contributed by atoms with Gasteiger partial charge in [-0.2, -0.15) is 0 Å². The number of amides is 1. The summed E-state index contributed by atoms with van der Waals surface area (Å²) >= 11 is 0. The van der Waals surface area contributed by atoms with E-state index >= 15 is 0 Å². The molecule has 1 saturated carbocycles. The molecular formula is C20H33NO4. The van der Waals surface area contributed by atoms with Gasteiger partial charge in [0.15, 0.2) is 5.60 Å². The summed E-state index contributed by atoms with van der Waals surface area (Å²) in [5, 5.41) is 13.9. The second-order valence-electron chi connectivity index (χ2n) is 8.39. The van der Waals surface area contributed by atoms with E-state index in [4.69, 9.17) is 4.74 Å². The molecule has 5 heteroatoms. The molecule has 0 bridgehead atoms. The Bertz CT molecular complexity index is 516. The summed E-state index contributed by atoms with van der Waals surface area (Å²) in [6.45, 7) is 4.02. The lowest BCUT2D eigenvalue weighted by Crippen LogP contribution is -2.80. The Morgan fingerprint density at radius 1 is 1.16 bits per heavy atom. The number of ether oxygens (including phenoxy) is 1. The van der Waals surface area contributed by atoms with Crippen LogP contribution in [0.4, 0.5) is 0 Å². The normalized spacial score (nSPS) is 36.4. The smallest absolute Gasteiger partial charge is 0.339 e. The third-order valence-electron chi connectivity index (χ3n) is 6.85. The average Bonchev–Trinajstić information content (AvgIpc) is 2.79. The van der Waals surface area contributed by atoms with E-state index in [1.807, 2.05) is 6.92 Å². The molecule has 25 heavy (non-hydrogen) atoms. The number of unbranched alkanes of at least 4 members (excludes halogenated alkanes) is 4. The molecular weight excluding hydrogens is 318 g/mol. The van der Waals surface area contributed by atoms with Crippen molar-refractivity contribution in [1.82, 2.24) is 5.32 Å². The fraction of sp³-hybridized carbons (Fsp3) is 0.900. The van der Waals surface area contributed by atoms with Gasteiger partial charge in [-0.3, -0.25) is 4.79 Å². The van der Waals surface area contributed by atoms with Crippen LogP contribution in [0.25, 0.3) is 0 Å². The van der Waals surface area contributed by atoms with Crippen LogP contribution in [0.3, 0.4) is 0 Å². The summed E-state index contributed by atoms with van der Waals surface area (Å²) in [6.07, 6.45) is 10.7. The number of fused-ring (bicyclic) bond motifs is 1. The number of carbonyl (C=O) groups is 2. The second-order valence-corrected chi connectivity index (χ2v) is 8.39. The Balaban J connectivity index is 1.71. The van der Waals surface area contributed by atoms with Gasteiger partial charge in [0.1, 0.15) is 0 Å². The maximum Gasteiger partial charge on any atom is 0.339 e. The van der Waals surface area contributed by atoms with Gasteiger partial charge in [-0.1, -0.05) is 58.3 Å². The predicted molar refractivity (Wildman–Crippen MR) is 94.8 cm³/mol. The zero-order valence-electron chi connectivity index (χ0n) is 15.7. The predicted octanol–water partition coefficient (Wildman–Crippen LogP) is 3.09. The number of esters is 1. The largest absolute Gasteiger partial charge is 0.453 e. The number of aliphatic hydroxyl groups excluding tert-OH is 1. The first kappa shape index (κ1) is 18.7. The fourth-order valence-electron chi connectivity index (χ4n) is 5.21. The molecule has 3 rings (SSSR count). The van der Waals surface area contributed by atoms with Crippen LogP contribution in [-0.4, -0.2) is 34.2 Å². The van der Waals surface area contributed by atoms with Crippen molar-refractivity contribution in [3.63, 3.8) is 0 Å². The molecule has 1 amide bonds. The van der Waals surface area contributed by atoms with Crippen molar-refractivity contribution in [3.8, 4) is 0 Å². The van der Waals surface area contributed by atoms with Gasteiger partial charge in [0.2, 0.25) is 11.4 Å². The van der Waals surface area contributed by atoms with Gasteiger partial charge >= 0.3 is 5.97 Å². The van der Waals surface area contributed by atoms with Crippen molar-refractivity contribution in [3.05, 3.63) is 0 Å². The van der Waals surface area contributed by atoms with E-state index in [-0.39, 0.29) is 17.7 Å². The first-order chi connectivity index (χ1) is 12.0. The molecule has 2 saturated heterocycles. The Hall–Kier alpha value is -1.10. The number of hydrogen-bond donors (Lipinski definition) is 2. The lowest BCUT2D eigenvalue weighted by Gasteiger charge is -2.55. The van der Waals surface area contributed by atoms with E-state index in [1.54, 1.807) is 0 Å². The van der Waals surface area contributed by atoms with Crippen LogP contribution in [-0.2, 0) is 14.3 Å². The SMILES string of the molecule is CCCCCCC[C@H]1C(=O)N[C@@]2([C@@H](O)C3CCCCC3)C(=O)O[C@@]12C. The van der Waals surface area contributed by atoms with Crippen molar-refractivity contribution in [1.29, 1.82) is 0 Å². The molecule has 3 fully saturated rings. The zero-order valence-corrected chi connectivity index (χ0v) is 15.7. The first-order valence-electron chi connectivity index (χ1n) is 10.2. The lowest BCUT2D eigenvalue weighted by atomic mass is 9.63. The lowest BCUT2D eigenvalue weighted by molar-refractivity contribution is -0.240. The van der Waals surface area contributed by atoms with E-state index in [0.29, 0.717) is 0 Å². The number of aliphatic hydroxyl groups is 1. The molecule has 0 unspecified atom stereocenters. The van der Waals surface area contributed by atoms with Crippen molar-refractivity contribution >= 4 is 11.9 Å². The number of hydrogen-bond acceptors (Lipinski definition) is 4. The molecule has 2 N–H and O–H groups in total. The van der Waals surface area contributed by atoms with Gasteiger partial charge < -0.3 is 15.2 Å². The van der Waals surface area contributed by atoms with Crippen LogP contribution >= 0.6 is 0 Å². The van der Waals surface area contributed by atoms with Gasteiger partial charge in [0, 0.05) is 0 Å². The van der Waals surface area contributed by atoms with Crippen LogP contribution in [0.1, 0.15) is 84.5 Å². The third-order valence-corrected chi connectivity index (χ3v) is 6.85. The Morgan fingerprint density at radius 2 is 1.84 bits per heavy atom. The van der Waals surface area contributed by atoms with Crippen molar-refractivity contribution in [2.45, 2.75) is 102 Å². The highest BCUT2D eigenvalue weighted by atomic mass is 16.6. The highest BCUT2D eigenvalue weighted by Gasteiger charge is 2.79. The minimum absolute atomic E-state index is 0.0736. The van der Waals surface area contributed by atoms with E-state index in [0.717, 1.165) is 44.9 Å². The van der Waals surface area contributed by atoms with Gasteiger partial charge in [-0.25, -0.2) is 4.79 Å². The summed E-state index contributed by atoms with van der Waals surface area (Å²) in [6, 6.07) is 0. The van der Waals surface area contributed by atoms with Crippen LogP contribution < -0.4 is 5.32 Å². The van der Waals surface area contributed by atoms with Crippen molar-refractivity contribution in [2.24, 2.45) is 11.8 Å². The van der Waals surface area contributed by atoms with E-state index in [2.05, 4.69) is 12.2 Å². The van der Waals surface area contributed by atoms with Gasteiger partial charge in [0.25, 0.3) is 0 Å². The maximum atomic E-state index is 12.6. The highest BCUT2D eigenvalue weighted by molar-refractivity contribution is 6.01. The number of carbonyl (C=O) groups excluding carboxylic acids is 2. The topological polar surface area (TPSA) is 75.6 Å². The molecule has 0 radical (unpaired) electrons. The summed E-state index contributed by atoms with van der Waals surface area (Å²) < 4.78 is 5.54. The fourth-order valence-corrected chi connectivity index (χ4v) is 5.21. The summed E-state index contributed by atoms with van der Waals surface area (Å²) in [5.41, 5.74) is -2.12. The molecule has 4 atom stereocenters. The monoisotopic (exact) mass is 351 g/mol. The van der Waals surface area contributed by atoms with Gasteiger partial charge in [-0.15, -0.1) is 0 Å². The molecule has 0 aromatic rings. The van der Waals surface area contributed by atoms with E-state index in [1.165, 1.54) is 25.7 Å². The van der Waals surface area contributed by atoms with Crippen molar-refractivity contribution in [2.75, 3.05) is 0 Å². The minimum Gasteiger partial charge on any atom is -0.453 e. The number of rotatable bonds is 8. The molecule has 0 spiro atoms. The van der Waals surface area contributed by atoms with E-state index in [9.17, 15) is 14.7 Å². The van der Waals surface area contributed by atoms with Crippen LogP contribution in [0.15, 0.2) is 0 Å². The molecule has 0 aromatic carbocycles. The third kappa shape index (κ3) is 2.88. The first-order valence-corrected chi connectivity index (χ1v) is 10.2. The van der Waals surface area contributed by atoms with Crippen LogP contribution in [0, 0.1) is 11.8 Å². The molecule has 0 aromatic heterocycles. The Morgan fingerprint density at radius 3 is 2.48 bits per heavy atom. The minimum atomic E-state index is -1.22. The quantitative estimate of drug-likeness (QED) is 0.520. The van der Waals surface area contributed by atoms with Crippen LogP contribution in [0.5, 0.6) is 0 Å². The molecule has 1 aliphatic carbocycles. The Labute approximate surface area is 150 Å². The second kappa shape index (κ2) is 7.26. The molecule has 3 aliphatic rings.